The molecule has 252 valence electrons. The average Bonchev–Trinajstić information content (AvgIpc) is 3.07. The fourth-order valence-corrected chi connectivity index (χ4v) is 6.24. The van der Waals surface area contributed by atoms with Crippen molar-refractivity contribution in [2.75, 3.05) is 19.6 Å². The summed E-state index contributed by atoms with van der Waals surface area (Å²) >= 11 is 0. The second kappa shape index (κ2) is 14.9. The van der Waals surface area contributed by atoms with Crippen molar-refractivity contribution in [3.63, 3.8) is 0 Å². The Morgan fingerprint density at radius 3 is 2.29 bits per heavy atom. The van der Waals surface area contributed by atoms with Gasteiger partial charge in [0.1, 0.15) is 28.9 Å². The SMILES string of the molecule is CC(C)(C)OC(=O)N1CCNCC1C(=O)[C@H](Cc1ccc(OS(=O)(=O)c2ccc3ccccc3c2)cc1)NC(=O)OCc1ccccc1. The topological polar surface area (TPSA) is 140 Å². The third kappa shape index (κ3) is 9.11. The van der Waals surface area contributed by atoms with Crippen LogP contribution in [0, 0.1) is 0 Å². The van der Waals surface area contributed by atoms with E-state index in [2.05, 4.69) is 10.6 Å². The molecule has 48 heavy (non-hydrogen) atoms. The zero-order valence-corrected chi connectivity index (χ0v) is 27.9. The van der Waals surface area contributed by atoms with Crippen LogP contribution < -0.4 is 14.8 Å². The number of ether oxygens (including phenoxy) is 2. The fraction of sp³-hybridized carbons (Fsp3) is 0.306. The van der Waals surface area contributed by atoms with Gasteiger partial charge in [0.05, 0.1) is 6.04 Å². The van der Waals surface area contributed by atoms with E-state index in [1.807, 2.05) is 54.6 Å². The van der Waals surface area contributed by atoms with Crippen LogP contribution in [0.3, 0.4) is 0 Å². The smallest absolute Gasteiger partial charge is 0.410 e. The van der Waals surface area contributed by atoms with Crippen molar-refractivity contribution in [1.82, 2.24) is 15.5 Å². The zero-order valence-electron chi connectivity index (χ0n) is 27.0. The number of nitrogens with zero attached hydrogens (tertiary/aromatic N) is 1. The summed E-state index contributed by atoms with van der Waals surface area (Å²) in [7, 11) is -4.13. The van der Waals surface area contributed by atoms with Gasteiger partial charge in [0, 0.05) is 19.6 Å². The standard InChI is InChI=1S/C36H39N3O8S/c1-36(2,3)46-35(42)39-20-19-37-23-32(39)33(40)31(38-34(41)45-24-26-9-5-4-6-10-26)21-25-13-16-29(17-14-25)47-48(43,44)30-18-15-27-11-7-8-12-28(27)22-30/h4-18,22,31-32,37H,19-21,23-24H2,1-3H3,(H,38,41)/t31-,32?/m0/s1. The Balaban J connectivity index is 1.32. The highest BCUT2D eigenvalue weighted by molar-refractivity contribution is 7.87. The first-order chi connectivity index (χ1) is 22.9. The van der Waals surface area contributed by atoms with Gasteiger partial charge in [-0.3, -0.25) is 9.69 Å². The number of hydrogen-bond donors (Lipinski definition) is 2. The zero-order chi connectivity index (χ0) is 34.3. The lowest BCUT2D eigenvalue weighted by Crippen LogP contribution is -2.61. The van der Waals surface area contributed by atoms with Gasteiger partial charge in [-0.2, -0.15) is 8.42 Å². The van der Waals surface area contributed by atoms with Crippen molar-refractivity contribution in [1.29, 1.82) is 0 Å². The van der Waals surface area contributed by atoms with Crippen molar-refractivity contribution < 1.29 is 36.5 Å². The molecular formula is C36H39N3O8S. The van der Waals surface area contributed by atoms with Gasteiger partial charge >= 0.3 is 22.3 Å². The van der Waals surface area contributed by atoms with Gasteiger partial charge in [-0.25, -0.2) is 9.59 Å². The highest BCUT2D eigenvalue weighted by Gasteiger charge is 2.38. The van der Waals surface area contributed by atoms with E-state index in [9.17, 15) is 22.8 Å². The van der Waals surface area contributed by atoms with Crippen LogP contribution in [0.4, 0.5) is 9.59 Å². The Kier molecular flexibility index (Phi) is 10.7. The minimum atomic E-state index is -4.13. The first-order valence-corrected chi connectivity index (χ1v) is 17.0. The lowest BCUT2D eigenvalue weighted by Gasteiger charge is -2.37. The molecule has 4 aromatic carbocycles. The van der Waals surface area contributed by atoms with Crippen LogP contribution in [0.25, 0.3) is 10.8 Å². The number of ketones is 1. The number of hydrogen-bond acceptors (Lipinski definition) is 9. The second-order valence-electron chi connectivity index (χ2n) is 12.4. The molecule has 0 saturated carbocycles. The summed E-state index contributed by atoms with van der Waals surface area (Å²) in [6, 6.07) is 25.5. The average molecular weight is 674 g/mol. The number of amides is 2. The monoisotopic (exact) mass is 673 g/mol. The van der Waals surface area contributed by atoms with E-state index in [0.29, 0.717) is 12.1 Å². The largest absolute Gasteiger partial charge is 0.445 e. The van der Waals surface area contributed by atoms with E-state index in [4.69, 9.17) is 13.7 Å². The summed E-state index contributed by atoms with van der Waals surface area (Å²) in [4.78, 5) is 41.4. The molecule has 1 heterocycles. The molecular weight excluding hydrogens is 634 g/mol. The number of carbonyl (C=O) groups excluding carboxylic acids is 3. The normalized spacial score (nSPS) is 15.7. The van der Waals surface area contributed by atoms with Crippen molar-refractivity contribution in [3.05, 3.63) is 108 Å². The summed E-state index contributed by atoms with van der Waals surface area (Å²) in [6.07, 6.45) is -1.39. The molecule has 0 aliphatic carbocycles. The van der Waals surface area contributed by atoms with Crippen molar-refractivity contribution in [3.8, 4) is 5.75 Å². The minimum Gasteiger partial charge on any atom is -0.445 e. The van der Waals surface area contributed by atoms with Crippen LogP contribution >= 0.6 is 0 Å². The first kappa shape index (κ1) is 34.4. The molecule has 4 aromatic rings. The highest BCUT2D eigenvalue weighted by atomic mass is 32.2. The van der Waals surface area contributed by atoms with Crippen LogP contribution in [0.5, 0.6) is 5.75 Å². The van der Waals surface area contributed by atoms with Gasteiger partial charge in [-0.05, 0) is 73.4 Å². The molecule has 1 fully saturated rings. The molecule has 1 unspecified atom stereocenters. The summed E-state index contributed by atoms with van der Waals surface area (Å²) in [5.74, 6) is -0.332. The number of alkyl carbamates (subject to hydrolysis) is 1. The number of rotatable bonds is 10. The van der Waals surface area contributed by atoms with Gasteiger partial charge in [0.2, 0.25) is 0 Å². The summed E-state index contributed by atoms with van der Waals surface area (Å²) < 4.78 is 42.5. The van der Waals surface area contributed by atoms with E-state index < -0.39 is 45.8 Å². The molecule has 2 atom stereocenters. The van der Waals surface area contributed by atoms with Gasteiger partial charge in [-0.15, -0.1) is 0 Å². The Labute approximate surface area is 280 Å². The van der Waals surface area contributed by atoms with Gasteiger partial charge in [0.15, 0.2) is 5.78 Å². The molecule has 2 amide bonds. The molecule has 2 N–H and O–H groups in total. The number of fused-ring (bicyclic) bond motifs is 1. The van der Waals surface area contributed by atoms with E-state index in [1.165, 1.54) is 23.1 Å². The van der Waals surface area contributed by atoms with Crippen LogP contribution in [-0.2, 0) is 37.4 Å². The van der Waals surface area contributed by atoms with Gasteiger partial charge in [0.25, 0.3) is 0 Å². The molecule has 1 aliphatic rings. The third-order valence-corrected chi connectivity index (χ3v) is 8.87. The van der Waals surface area contributed by atoms with Gasteiger partial charge < -0.3 is 24.3 Å². The molecule has 5 rings (SSSR count). The Morgan fingerprint density at radius 1 is 0.896 bits per heavy atom. The van der Waals surface area contributed by atoms with E-state index >= 15 is 0 Å². The maximum Gasteiger partial charge on any atom is 0.410 e. The van der Waals surface area contributed by atoms with Crippen LogP contribution in [0.1, 0.15) is 31.9 Å². The number of nitrogens with one attached hydrogen (secondary N) is 2. The predicted molar refractivity (Wildman–Crippen MR) is 180 cm³/mol. The molecule has 0 aromatic heterocycles. The molecule has 1 saturated heterocycles. The molecule has 1 aliphatic heterocycles. The molecule has 0 radical (unpaired) electrons. The summed E-state index contributed by atoms with van der Waals surface area (Å²) in [6.45, 7) is 6.14. The van der Waals surface area contributed by atoms with Crippen LogP contribution in [0.15, 0.2) is 102 Å². The molecule has 12 heteroatoms. The maximum atomic E-state index is 14.0. The van der Waals surface area contributed by atoms with E-state index in [1.54, 1.807) is 45.0 Å². The maximum absolute atomic E-state index is 14.0. The predicted octanol–water partition coefficient (Wildman–Crippen LogP) is 5.22. The van der Waals surface area contributed by atoms with E-state index in [0.717, 1.165) is 16.3 Å². The van der Waals surface area contributed by atoms with Crippen molar-refractivity contribution in [2.24, 2.45) is 0 Å². The number of Topliss-reactive ketones (excluding diaryl/α,β-unsaturated/α-hetero) is 1. The van der Waals surface area contributed by atoms with Gasteiger partial charge in [-0.1, -0.05) is 72.8 Å². The molecule has 0 spiro atoms. The van der Waals surface area contributed by atoms with E-state index in [-0.39, 0.29) is 36.8 Å². The third-order valence-electron chi connectivity index (χ3n) is 7.63. The Morgan fingerprint density at radius 2 is 1.58 bits per heavy atom. The number of benzene rings is 4. The fourth-order valence-electron chi connectivity index (χ4n) is 5.27. The molecule has 0 bridgehead atoms. The quantitative estimate of drug-likeness (QED) is 0.217. The van der Waals surface area contributed by atoms with Crippen LogP contribution in [-0.4, -0.2) is 68.6 Å². The van der Waals surface area contributed by atoms with Crippen molar-refractivity contribution >= 4 is 38.9 Å². The van der Waals surface area contributed by atoms with Crippen molar-refractivity contribution in [2.45, 2.75) is 56.4 Å². The van der Waals surface area contributed by atoms with Crippen LogP contribution in [0.2, 0.25) is 0 Å². The highest BCUT2D eigenvalue weighted by Crippen LogP contribution is 2.24. The first-order valence-electron chi connectivity index (χ1n) is 15.6. The molecule has 11 nitrogen and oxygen atoms in total. The lowest BCUT2D eigenvalue weighted by atomic mass is 9.96. The Hall–Kier alpha value is -4.94. The second-order valence-corrected chi connectivity index (χ2v) is 14.0. The number of carbonyl (C=O) groups is 3. The lowest BCUT2D eigenvalue weighted by molar-refractivity contribution is -0.126. The summed E-state index contributed by atoms with van der Waals surface area (Å²) in [5, 5.41) is 7.50. The number of piperazine rings is 1. The summed E-state index contributed by atoms with van der Waals surface area (Å²) in [5.41, 5.74) is 0.622. The minimum absolute atomic E-state index is 0.000317. The Bertz CT molecular complexity index is 1860.